The van der Waals surface area contributed by atoms with Crippen LogP contribution in [-0.4, -0.2) is 51.8 Å². The van der Waals surface area contributed by atoms with Gasteiger partial charge in [-0.1, -0.05) is 44.2 Å². The van der Waals surface area contributed by atoms with Crippen molar-refractivity contribution in [3.8, 4) is 5.69 Å². The standard InChI is InChI=1S/C26H27N5O2/c1-18(2)19-7-9-21(10-8-19)31-25(32)12-11-24(28-31)29-13-15-30(16-14-29)26(33)23-17-20-5-3-4-6-22(20)27-23/h3-12,17-18,27H,13-16H2,1-2H3. The van der Waals surface area contributed by atoms with Crippen LogP contribution in [0.25, 0.3) is 16.6 Å². The Bertz CT molecular complexity index is 1310. The Morgan fingerprint density at radius 3 is 2.36 bits per heavy atom. The topological polar surface area (TPSA) is 74.2 Å². The predicted octanol–water partition coefficient (Wildman–Crippen LogP) is 3.80. The fourth-order valence-corrected chi connectivity index (χ4v) is 4.25. The van der Waals surface area contributed by atoms with E-state index in [1.807, 2.05) is 59.5 Å². The van der Waals surface area contributed by atoms with E-state index in [0.717, 1.165) is 22.4 Å². The molecule has 4 aromatic rings. The number of rotatable bonds is 4. The van der Waals surface area contributed by atoms with Gasteiger partial charge in [-0.25, -0.2) is 0 Å². The van der Waals surface area contributed by atoms with Crippen molar-refractivity contribution in [2.45, 2.75) is 19.8 Å². The van der Waals surface area contributed by atoms with Gasteiger partial charge in [0.2, 0.25) is 0 Å². The highest BCUT2D eigenvalue weighted by atomic mass is 16.2. The maximum atomic E-state index is 13.0. The molecule has 0 unspecified atom stereocenters. The maximum absolute atomic E-state index is 13.0. The molecule has 5 rings (SSSR count). The lowest BCUT2D eigenvalue weighted by Gasteiger charge is -2.35. The number of fused-ring (bicyclic) bond motifs is 1. The van der Waals surface area contributed by atoms with Gasteiger partial charge in [-0.15, -0.1) is 5.10 Å². The van der Waals surface area contributed by atoms with Crippen LogP contribution in [-0.2, 0) is 0 Å². The molecule has 3 heterocycles. The van der Waals surface area contributed by atoms with Crippen molar-refractivity contribution in [1.29, 1.82) is 0 Å². The zero-order chi connectivity index (χ0) is 22.9. The SMILES string of the molecule is CC(C)c1ccc(-n2nc(N3CCN(C(=O)c4cc5ccccc5[nH]4)CC3)ccc2=O)cc1. The third-order valence-corrected chi connectivity index (χ3v) is 6.24. The van der Waals surface area contributed by atoms with Crippen molar-refractivity contribution in [3.63, 3.8) is 0 Å². The van der Waals surface area contributed by atoms with Gasteiger partial charge in [-0.2, -0.15) is 4.68 Å². The van der Waals surface area contributed by atoms with Gasteiger partial charge in [0.15, 0.2) is 0 Å². The predicted molar refractivity (Wildman–Crippen MR) is 130 cm³/mol. The highest BCUT2D eigenvalue weighted by molar-refractivity contribution is 5.98. The van der Waals surface area contributed by atoms with Crippen molar-refractivity contribution in [2.75, 3.05) is 31.1 Å². The molecule has 0 spiro atoms. The number of carbonyl (C=O) groups is 1. The summed E-state index contributed by atoms with van der Waals surface area (Å²) < 4.78 is 1.45. The molecule has 0 bridgehead atoms. The number of nitrogens with one attached hydrogen (secondary N) is 1. The first-order valence-corrected chi connectivity index (χ1v) is 11.3. The van der Waals surface area contributed by atoms with Crippen molar-refractivity contribution in [2.24, 2.45) is 0 Å². The van der Waals surface area contributed by atoms with Crippen LogP contribution in [0.15, 0.2) is 71.5 Å². The number of piperazine rings is 1. The summed E-state index contributed by atoms with van der Waals surface area (Å²) >= 11 is 0. The molecule has 1 N–H and O–H groups in total. The van der Waals surface area contributed by atoms with Crippen LogP contribution >= 0.6 is 0 Å². The summed E-state index contributed by atoms with van der Waals surface area (Å²) in [4.78, 5) is 32.7. The highest BCUT2D eigenvalue weighted by Crippen LogP contribution is 2.19. The molecule has 1 fully saturated rings. The smallest absolute Gasteiger partial charge is 0.271 e. The molecule has 1 amide bonds. The number of hydrogen-bond acceptors (Lipinski definition) is 4. The van der Waals surface area contributed by atoms with E-state index < -0.39 is 0 Å². The molecule has 2 aromatic heterocycles. The van der Waals surface area contributed by atoms with Gasteiger partial charge in [0.05, 0.1) is 5.69 Å². The summed E-state index contributed by atoms with van der Waals surface area (Å²) in [6.45, 7) is 6.79. The summed E-state index contributed by atoms with van der Waals surface area (Å²) in [6.07, 6.45) is 0. The number of amides is 1. The number of aromatic amines is 1. The zero-order valence-corrected chi connectivity index (χ0v) is 18.9. The van der Waals surface area contributed by atoms with Crippen LogP contribution in [0.5, 0.6) is 0 Å². The lowest BCUT2D eigenvalue weighted by molar-refractivity contribution is 0.0741. The first-order chi connectivity index (χ1) is 16.0. The molecule has 7 heteroatoms. The van der Waals surface area contributed by atoms with Crippen LogP contribution in [0, 0.1) is 0 Å². The number of benzene rings is 2. The van der Waals surface area contributed by atoms with Gasteiger partial charge in [-0.3, -0.25) is 9.59 Å². The maximum Gasteiger partial charge on any atom is 0.271 e. The largest absolute Gasteiger partial charge is 0.352 e. The normalized spacial score (nSPS) is 14.3. The van der Waals surface area contributed by atoms with Crippen molar-refractivity contribution >= 4 is 22.6 Å². The zero-order valence-electron chi connectivity index (χ0n) is 18.9. The molecule has 0 saturated carbocycles. The van der Waals surface area contributed by atoms with E-state index in [1.165, 1.54) is 10.2 Å². The average molecular weight is 442 g/mol. The molecular formula is C26H27N5O2. The second-order valence-electron chi connectivity index (χ2n) is 8.74. The van der Waals surface area contributed by atoms with E-state index in [9.17, 15) is 9.59 Å². The Kier molecular flexibility index (Phi) is 5.46. The summed E-state index contributed by atoms with van der Waals surface area (Å²) in [7, 11) is 0. The van der Waals surface area contributed by atoms with Gasteiger partial charge < -0.3 is 14.8 Å². The van der Waals surface area contributed by atoms with E-state index >= 15 is 0 Å². The number of anilines is 1. The molecule has 1 aliphatic heterocycles. The van der Waals surface area contributed by atoms with Crippen molar-refractivity contribution in [1.82, 2.24) is 19.7 Å². The molecule has 0 aliphatic carbocycles. The molecule has 168 valence electrons. The lowest BCUT2D eigenvalue weighted by Crippen LogP contribution is -2.49. The fraction of sp³-hybridized carbons (Fsp3) is 0.269. The molecule has 1 saturated heterocycles. The van der Waals surface area contributed by atoms with Gasteiger partial charge in [-0.05, 0) is 41.8 Å². The number of carbonyl (C=O) groups excluding carboxylic acids is 1. The minimum Gasteiger partial charge on any atom is -0.352 e. The number of hydrogen-bond donors (Lipinski definition) is 1. The Hall–Kier alpha value is -3.87. The Morgan fingerprint density at radius 2 is 1.67 bits per heavy atom. The van der Waals surface area contributed by atoms with Crippen LogP contribution in [0.3, 0.4) is 0 Å². The first kappa shape index (κ1) is 21.0. The van der Waals surface area contributed by atoms with E-state index in [0.29, 0.717) is 37.8 Å². The molecule has 0 radical (unpaired) electrons. The van der Waals surface area contributed by atoms with Crippen molar-refractivity contribution < 1.29 is 4.79 Å². The van der Waals surface area contributed by atoms with E-state index in [-0.39, 0.29) is 11.5 Å². The average Bonchev–Trinajstić information content (AvgIpc) is 3.28. The molecule has 33 heavy (non-hydrogen) atoms. The van der Waals surface area contributed by atoms with Gasteiger partial charge in [0.1, 0.15) is 11.5 Å². The number of H-pyrrole nitrogens is 1. The second-order valence-corrected chi connectivity index (χ2v) is 8.74. The summed E-state index contributed by atoms with van der Waals surface area (Å²) in [5, 5.41) is 5.65. The van der Waals surface area contributed by atoms with Crippen LogP contribution in [0.2, 0.25) is 0 Å². The molecule has 2 aromatic carbocycles. The lowest BCUT2D eigenvalue weighted by atomic mass is 10.0. The van der Waals surface area contributed by atoms with E-state index in [2.05, 4.69) is 28.8 Å². The second kappa shape index (κ2) is 8.58. The number of aromatic nitrogens is 3. The third-order valence-electron chi connectivity index (χ3n) is 6.24. The molecule has 0 atom stereocenters. The van der Waals surface area contributed by atoms with Gasteiger partial charge >= 0.3 is 0 Å². The first-order valence-electron chi connectivity index (χ1n) is 11.3. The Labute approximate surface area is 192 Å². The minimum absolute atomic E-state index is 0.00835. The minimum atomic E-state index is -0.163. The molecular weight excluding hydrogens is 414 g/mol. The van der Waals surface area contributed by atoms with E-state index in [4.69, 9.17) is 0 Å². The summed E-state index contributed by atoms with van der Waals surface area (Å²) in [5.41, 5.74) is 3.38. The summed E-state index contributed by atoms with van der Waals surface area (Å²) in [5.74, 6) is 1.17. The summed E-state index contributed by atoms with van der Waals surface area (Å²) in [6, 6.07) is 21.1. The Balaban J connectivity index is 1.30. The van der Waals surface area contributed by atoms with Crippen LogP contribution in [0.1, 0.15) is 35.8 Å². The van der Waals surface area contributed by atoms with Crippen LogP contribution in [0.4, 0.5) is 5.82 Å². The van der Waals surface area contributed by atoms with Crippen LogP contribution < -0.4 is 10.5 Å². The number of nitrogens with zero attached hydrogens (tertiary/aromatic N) is 4. The molecule has 7 nitrogen and oxygen atoms in total. The highest BCUT2D eigenvalue weighted by Gasteiger charge is 2.24. The fourth-order valence-electron chi connectivity index (χ4n) is 4.25. The monoisotopic (exact) mass is 441 g/mol. The quantitative estimate of drug-likeness (QED) is 0.523. The Morgan fingerprint density at radius 1 is 0.939 bits per heavy atom. The van der Waals surface area contributed by atoms with E-state index in [1.54, 1.807) is 12.1 Å². The third kappa shape index (κ3) is 4.14. The number of para-hydroxylation sites is 1. The van der Waals surface area contributed by atoms with Gasteiger partial charge in [0.25, 0.3) is 11.5 Å². The van der Waals surface area contributed by atoms with Crippen molar-refractivity contribution in [3.05, 3.63) is 88.3 Å². The molecule has 1 aliphatic rings. The van der Waals surface area contributed by atoms with Gasteiger partial charge in [0, 0.05) is 43.1 Å².